The zero-order valence-electron chi connectivity index (χ0n) is 16.8. The number of nitrogens with zero attached hydrogens (tertiary/aromatic N) is 3. The van der Waals surface area contributed by atoms with Gasteiger partial charge in [0, 0.05) is 39.3 Å². The number of ether oxygens (including phenoxy) is 1. The van der Waals surface area contributed by atoms with Gasteiger partial charge < -0.3 is 14.5 Å². The highest BCUT2D eigenvalue weighted by molar-refractivity contribution is 7.89. The molecule has 1 aromatic heterocycles. The SMILES string of the molecule is CN(CCN(C)C1CCCCC1)C(=O)c1sccc1S(=O)(=O)N1CCOCC1. The molecule has 0 bridgehead atoms. The number of hydrogen-bond acceptors (Lipinski definition) is 6. The summed E-state index contributed by atoms with van der Waals surface area (Å²) < 4.78 is 32.6. The summed E-state index contributed by atoms with van der Waals surface area (Å²) in [4.78, 5) is 17.4. The van der Waals surface area contributed by atoms with Crippen LogP contribution in [0.1, 0.15) is 41.8 Å². The minimum absolute atomic E-state index is 0.122. The molecule has 1 saturated heterocycles. The number of thiophene rings is 1. The predicted molar refractivity (Wildman–Crippen MR) is 110 cm³/mol. The third-order valence-electron chi connectivity index (χ3n) is 5.74. The molecule has 0 aromatic carbocycles. The van der Waals surface area contributed by atoms with E-state index < -0.39 is 10.0 Å². The minimum atomic E-state index is -3.67. The fraction of sp³-hybridized carbons (Fsp3) is 0.737. The van der Waals surface area contributed by atoms with Crippen molar-refractivity contribution in [1.82, 2.24) is 14.1 Å². The lowest BCUT2D eigenvalue weighted by molar-refractivity contribution is 0.0727. The number of amides is 1. The molecule has 0 atom stereocenters. The molecule has 2 heterocycles. The molecule has 0 radical (unpaired) electrons. The Hall–Kier alpha value is -1.00. The van der Waals surface area contributed by atoms with E-state index in [0.717, 1.165) is 6.54 Å². The number of sulfonamides is 1. The zero-order valence-corrected chi connectivity index (χ0v) is 18.4. The summed E-state index contributed by atoms with van der Waals surface area (Å²) >= 11 is 1.20. The van der Waals surface area contributed by atoms with Crippen LogP contribution in [0.3, 0.4) is 0 Å². The highest BCUT2D eigenvalue weighted by Gasteiger charge is 2.32. The molecule has 9 heteroatoms. The van der Waals surface area contributed by atoms with Gasteiger partial charge in [-0.25, -0.2) is 8.42 Å². The Balaban J connectivity index is 1.63. The van der Waals surface area contributed by atoms with Crippen LogP contribution in [0.25, 0.3) is 0 Å². The van der Waals surface area contributed by atoms with Crippen LogP contribution in [0.15, 0.2) is 16.3 Å². The molecule has 0 N–H and O–H groups in total. The maximum absolute atomic E-state index is 13.0. The molecule has 0 unspecified atom stereocenters. The number of carbonyl (C=O) groups is 1. The van der Waals surface area contributed by atoms with Gasteiger partial charge in [-0.15, -0.1) is 11.3 Å². The van der Waals surface area contributed by atoms with Gasteiger partial charge in [0.05, 0.1) is 13.2 Å². The quantitative estimate of drug-likeness (QED) is 0.664. The number of morpholine rings is 1. The van der Waals surface area contributed by atoms with E-state index >= 15 is 0 Å². The highest BCUT2D eigenvalue weighted by atomic mass is 32.2. The molecule has 28 heavy (non-hydrogen) atoms. The van der Waals surface area contributed by atoms with Crippen molar-refractivity contribution in [2.45, 2.75) is 43.0 Å². The molecule has 1 aliphatic carbocycles. The normalized spacial score (nSPS) is 19.8. The Labute approximate surface area is 172 Å². The van der Waals surface area contributed by atoms with Crippen molar-refractivity contribution in [2.24, 2.45) is 0 Å². The zero-order chi connectivity index (χ0) is 20.1. The molecule has 158 valence electrons. The first-order valence-electron chi connectivity index (χ1n) is 10.0. The van der Waals surface area contributed by atoms with Gasteiger partial charge >= 0.3 is 0 Å². The summed E-state index contributed by atoms with van der Waals surface area (Å²) in [7, 11) is 0.200. The molecule has 1 saturated carbocycles. The van der Waals surface area contributed by atoms with Crippen LogP contribution in [-0.2, 0) is 14.8 Å². The van der Waals surface area contributed by atoms with Crippen molar-refractivity contribution in [1.29, 1.82) is 0 Å². The largest absolute Gasteiger partial charge is 0.379 e. The molecule has 1 aromatic rings. The van der Waals surface area contributed by atoms with E-state index in [1.807, 2.05) is 0 Å². The molecule has 0 spiro atoms. The van der Waals surface area contributed by atoms with Crippen LogP contribution in [0.5, 0.6) is 0 Å². The van der Waals surface area contributed by atoms with Crippen molar-refractivity contribution in [3.63, 3.8) is 0 Å². The predicted octanol–water partition coefficient (Wildman–Crippen LogP) is 2.11. The lowest BCUT2D eigenvalue weighted by Crippen LogP contribution is -2.42. The summed E-state index contributed by atoms with van der Waals surface area (Å²) in [5.41, 5.74) is 0. The molecule has 2 aliphatic rings. The van der Waals surface area contributed by atoms with Crippen molar-refractivity contribution < 1.29 is 17.9 Å². The number of carbonyl (C=O) groups excluding carboxylic acids is 1. The lowest BCUT2D eigenvalue weighted by atomic mass is 9.94. The molecular weight excluding hydrogens is 398 g/mol. The van der Waals surface area contributed by atoms with Crippen LogP contribution in [-0.4, -0.2) is 88.0 Å². The van der Waals surface area contributed by atoms with E-state index in [0.29, 0.717) is 43.8 Å². The molecule has 2 fully saturated rings. The molecule has 7 nitrogen and oxygen atoms in total. The summed E-state index contributed by atoms with van der Waals surface area (Å²) in [5.74, 6) is -0.223. The van der Waals surface area contributed by atoms with Crippen molar-refractivity contribution >= 4 is 27.3 Å². The first kappa shape index (κ1) is 21.7. The van der Waals surface area contributed by atoms with Crippen LogP contribution in [0.4, 0.5) is 0 Å². The second-order valence-electron chi connectivity index (χ2n) is 7.63. The van der Waals surface area contributed by atoms with E-state index in [4.69, 9.17) is 4.74 Å². The maximum Gasteiger partial charge on any atom is 0.265 e. The van der Waals surface area contributed by atoms with Crippen LogP contribution in [0, 0.1) is 0 Å². The molecule has 3 rings (SSSR count). The highest BCUT2D eigenvalue weighted by Crippen LogP contribution is 2.27. The number of hydrogen-bond donors (Lipinski definition) is 0. The number of likely N-dealkylation sites (N-methyl/N-ethyl adjacent to an activating group) is 2. The standard InChI is InChI=1S/C19H31N3O4S2/c1-20(16-6-4-3-5-7-16)9-10-21(2)19(23)18-17(8-15-27-18)28(24,25)22-11-13-26-14-12-22/h8,15-16H,3-7,9-14H2,1-2H3. The van der Waals surface area contributed by atoms with Crippen LogP contribution >= 0.6 is 11.3 Å². The van der Waals surface area contributed by atoms with E-state index in [2.05, 4.69) is 11.9 Å². The third kappa shape index (κ3) is 4.94. The fourth-order valence-electron chi connectivity index (χ4n) is 3.87. The summed E-state index contributed by atoms with van der Waals surface area (Å²) in [5, 5.41) is 1.68. The smallest absolute Gasteiger partial charge is 0.265 e. The van der Waals surface area contributed by atoms with Gasteiger partial charge in [0.25, 0.3) is 5.91 Å². The van der Waals surface area contributed by atoms with Gasteiger partial charge in [-0.2, -0.15) is 4.31 Å². The molecule has 1 amide bonds. The summed E-state index contributed by atoms with van der Waals surface area (Å²) in [6, 6.07) is 2.14. The summed E-state index contributed by atoms with van der Waals surface area (Å²) in [6.07, 6.45) is 6.33. The van der Waals surface area contributed by atoms with Gasteiger partial charge in [0.2, 0.25) is 10.0 Å². The Bertz CT molecular complexity index is 753. The summed E-state index contributed by atoms with van der Waals surface area (Å²) in [6.45, 7) is 2.81. The third-order valence-corrected chi connectivity index (χ3v) is 8.72. The Kier molecular flexibility index (Phi) is 7.49. The second kappa shape index (κ2) is 9.67. The minimum Gasteiger partial charge on any atom is -0.379 e. The van der Waals surface area contributed by atoms with Gasteiger partial charge in [-0.3, -0.25) is 4.79 Å². The van der Waals surface area contributed by atoms with E-state index in [1.54, 1.807) is 23.4 Å². The Morgan fingerprint density at radius 1 is 1.18 bits per heavy atom. The monoisotopic (exact) mass is 429 g/mol. The molecule has 1 aliphatic heterocycles. The maximum atomic E-state index is 13.0. The van der Waals surface area contributed by atoms with E-state index in [9.17, 15) is 13.2 Å². The topological polar surface area (TPSA) is 70.2 Å². The van der Waals surface area contributed by atoms with Gasteiger partial charge in [-0.05, 0) is 31.3 Å². The van der Waals surface area contributed by atoms with Gasteiger partial charge in [0.1, 0.15) is 9.77 Å². The van der Waals surface area contributed by atoms with Crippen LogP contribution in [0.2, 0.25) is 0 Å². The molecular formula is C19H31N3O4S2. The second-order valence-corrected chi connectivity index (χ2v) is 10.5. The van der Waals surface area contributed by atoms with E-state index in [-0.39, 0.29) is 10.8 Å². The average molecular weight is 430 g/mol. The first-order chi connectivity index (χ1) is 13.4. The first-order valence-corrected chi connectivity index (χ1v) is 12.3. The Morgan fingerprint density at radius 2 is 1.86 bits per heavy atom. The van der Waals surface area contributed by atoms with Crippen molar-refractivity contribution in [2.75, 3.05) is 53.5 Å². The van der Waals surface area contributed by atoms with Gasteiger partial charge in [0.15, 0.2) is 0 Å². The van der Waals surface area contributed by atoms with Crippen LogP contribution < -0.4 is 0 Å². The van der Waals surface area contributed by atoms with Crippen molar-refractivity contribution in [3.8, 4) is 0 Å². The van der Waals surface area contributed by atoms with E-state index in [1.165, 1.54) is 47.7 Å². The Morgan fingerprint density at radius 3 is 2.54 bits per heavy atom. The fourth-order valence-corrected chi connectivity index (χ4v) is 6.67. The van der Waals surface area contributed by atoms with Gasteiger partial charge in [-0.1, -0.05) is 19.3 Å². The number of rotatable bonds is 7. The average Bonchev–Trinajstić information content (AvgIpc) is 3.23. The van der Waals surface area contributed by atoms with Crippen molar-refractivity contribution in [3.05, 3.63) is 16.3 Å². The lowest BCUT2D eigenvalue weighted by Gasteiger charge is -2.32.